The molecular formula is C11H13NO3S. The minimum absolute atomic E-state index is 0.0406. The minimum Gasteiger partial charge on any atom is -0.507 e. The number of sulfone groups is 1. The topological polar surface area (TPSA) is 70.2 Å². The highest BCUT2D eigenvalue weighted by molar-refractivity contribution is 7.90. The standard InChI is InChI=1S/C11H13NO3S/c1-2-16(14,15)7-8-6-12-9-4-3-5-10(13)11(8)9/h3-6,12-13H,2,7H2,1H3. The summed E-state index contributed by atoms with van der Waals surface area (Å²) in [6.07, 6.45) is 1.64. The lowest BCUT2D eigenvalue weighted by Crippen LogP contribution is -2.05. The highest BCUT2D eigenvalue weighted by Crippen LogP contribution is 2.28. The molecule has 0 amide bonds. The molecule has 4 nitrogen and oxygen atoms in total. The van der Waals surface area contributed by atoms with E-state index in [1.165, 1.54) is 0 Å². The lowest BCUT2D eigenvalue weighted by Gasteiger charge is -2.01. The van der Waals surface area contributed by atoms with E-state index in [-0.39, 0.29) is 17.3 Å². The van der Waals surface area contributed by atoms with Gasteiger partial charge in [0, 0.05) is 22.9 Å². The van der Waals surface area contributed by atoms with Crippen LogP contribution in [-0.4, -0.2) is 24.3 Å². The van der Waals surface area contributed by atoms with E-state index < -0.39 is 9.84 Å². The average Bonchev–Trinajstić information content (AvgIpc) is 2.62. The molecule has 0 aliphatic rings. The molecule has 1 aromatic carbocycles. The summed E-state index contributed by atoms with van der Waals surface area (Å²) in [4.78, 5) is 2.95. The van der Waals surface area contributed by atoms with Crippen LogP contribution in [0, 0.1) is 0 Å². The Balaban J connectivity index is 2.54. The number of aromatic nitrogens is 1. The molecule has 2 rings (SSSR count). The van der Waals surface area contributed by atoms with Crippen molar-refractivity contribution in [2.75, 3.05) is 5.75 Å². The van der Waals surface area contributed by atoms with Gasteiger partial charge in [0.15, 0.2) is 9.84 Å². The first kappa shape index (κ1) is 11.0. The van der Waals surface area contributed by atoms with Gasteiger partial charge in [0.05, 0.1) is 5.75 Å². The van der Waals surface area contributed by atoms with Gasteiger partial charge < -0.3 is 10.1 Å². The number of aromatic hydroxyl groups is 1. The molecule has 16 heavy (non-hydrogen) atoms. The second kappa shape index (κ2) is 3.83. The van der Waals surface area contributed by atoms with Gasteiger partial charge in [-0.3, -0.25) is 0 Å². The Bertz CT molecular complexity index is 613. The monoisotopic (exact) mass is 239 g/mol. The molecule has 0 radical (unpaired) electrons. The van der Waals surface area contributed by atoms with Gasteiger partial charge in [-0.05, 0) is 17.7 Å². The maximum atomic E-state index is 11.5. The maximum Gasteiger partial charge on any atom is 0.154 e. The molecule has 0 spiro atoms. The Morgan fingerprint density at radius 3 is 2.81 bits per heavy atom. The predicted molar refractivity (Wildman–Crippen MR) is 63.1 cm³/mol. The summed E-state index contributed by atoms with van der Waals surface area (Å²) < 4.78 is 23.1. The largest absolute Gasteiger partial charge is 0.507 e. The number of hydrogen-bond acceptors (Lipinski definition) is 3. The van der Waals surface area contributed by atoms with Gasteiger partial charge in [0.2, 0.25) is 0 Å². The van der Waals surface area contributed by atoms with E-state index in [2.05, 4.69) is 4.98 Å². The molecule has 0 bridgehead atoms. The van der Waals surface area contributed by atoms with Crippen molar-refractivity contribution in [2.45, 2.75) is 12.7 Å². The summed E-state index contributed by atoms with van der Waals surface area (Å²) in [6.45, 7) is 1.62. The Morgan fingerprint density at radius 1 is 1.38 bits per heavy atom. The molecule has 0 aliphatic carbocycles. The molecule has 0 aliphatic heterocycles. The van der Waals surface area contributed by atoms with Gasteiger partial charge >= 0.3 is 0 Å². The molecule has 86 valence electrons. The van der Waals surface area contributed by atoms with Crippen LogP contribution in [0.15, 0.2) is 24.4 Å². The van der Waals surface area contributed by atoms with Crippen molar-refractivity contribution in [3.05, 3.63) is 30.0 Å². The molecule has 0 atom stereocenters. The normalized spacial score (nSPS) is 12.1. The van der Waals surface area contributed by atoms with E-state index >= 15 is 0 Å². The van der Waals surface area contributed by atoms with E-state index in [9.17, 15) is 13.5 Å². The molecule has 0 unspecified atom stereocenters. The van der Waals surface area contributed by atoms with Crippen LogP contribution in [-0.2, 0) is 15.6 Å². The number of nitrogens with one attached hydrogen (secondary N) is 1. The van der Waals surface area contributed by atoms with Crippen LogP contribution < -0.4 is 0 Å². The summed E-state index contributed by atoms with van der Waals surface area (Å²) in [5, 5.41) is 10.3. The lowest BCUT2D eigenvalue weighted by atomic mass is 10.2. The van der Waals surface area contributed by atoms with Crippen LogP contribution in [0.25, 0.3) is 10.9 Å². The van der Waals surface area contributed by atoms with E-state index in [0.29, 0.717) is 10.9 Å². The second-order valence-corrected chi connectivity index (χ2v) is 6.04. The molecule has 0 saturated carbocycles. The molecule has 5 heteroatoms. The van der Waals surface area contributed by atoms with Crippen LogP contribution >= 0.6 is 0 Å². The predicted octanol–water partition coefficient (Wildman–Crippen LogP) is 1.81. The number of aromatic amines is 1. The first-order chi connectivity index (χ1) is 7.53. The van der Waals surface area contributed by atoms with Gasteiger partial charge in [0.25, 0.3) is 0 Å². The molecule has 0 saturated heterocycles. The zero-order valence-electron chi connectivity index (χ0n) is 8.90. The molecule has 0 fully saturated rings. The van der Waals surface area contributed by atoms with E-state index in [4.69, 9.17) is 0 Å². The zero-order chi connectivity index (χ0) is 11.8. The number of rotatable bonds is 3. The number of phenolic OH excluding ortho intramolecular Hbond substituents is 1. The van der Waals surface area contributed by atoms with Gasteiger partial charge in [-0.1, -0.05) is 13.0 Å². The van der Waals surface area contributed by atoms with Crippen LogP contribution in [0.4, 0.5) is 0 Å². The van der Waals surface area contributed by atoms with Crippen LogP contribution in [0.1, 0.15) is 12.5 Å². The number of fused-ring (bicyclic) bond motifs is 1. The molecular weight excluding hydrogens is 226 g/mol. The summed E-state index contributed by atoms with van der Waals surface area (Å²) in [6, 6.07) is 5.07. The van der Waals surface area contributed by atoms with Crippen molar-refractivity contribution in [2.24, 2.45) is 0 Å². The number of H-pyrrole nitrogens is 1. The number of phenols is 1. The Labute approximate surface area is 93.8 Å². The van der Waals surface area contributed by atoms with Crippen molar-refractivity contribution >= 4 is 20.7 Å². The highest BCUT2D eigenvalue weighted by Gasteiger charge is 2.14. The van der Waals surface area contributed by atoms with Crippen molar-refractivity contribution in [3.8, 4) is 5.75 Å². The fourth-order valence-corrected chi connectivity index (χ4v) is 2.59. The Hall–Kier alpha value is -1.49. The van der Waals surface area contributed by atoms with Crippen molar-refractivity contribution in [1.82, 2.24) is 4.98 Å². The fourth-order valence-electron chi connectivity index (χ4n) is 1.69. The summed E-state index contributed by atoms with van der Waals surface area (Å²) in [7, 11) is -3.08. The minimum atomic E-state index is -3.08. The molecule has 1 heterocycles. The van der Waals surface area contributed by atoms with Gasteiger partial charge in [0.1, 0.15) is 5.75 Å². The third-order valence-electron chi connectivity index (χ3n) is 2.58. The SMILES string of the molecule is CCS(=O)(=O)Cc1c[nH]c2cccc(O)c12. The summed E-state index contributed by atoms with van der Waals surface area (Å²) >= 11 is 0. The average molecular weight is 239 g/mol. The first-order valence-corrected chi connectivity index (χ1v) is 6.84. The summed E-state index contributed by atoms with van der Waals surface area (Å²) in [5.41, 5.74) is 1.37. The summed E-state index contributed by atoms with van der Waals surface area (Å²) in [5.74, 6) is 0.175. The van der Waals surface area contributed by atoms with Gasteiger partial charge in [-0.25, -0.2) is 8.42 Å². The lowest BCUT2D eigenvalue weighted by molar-refractivity contribution is 0.481. The molecule has 1 aromatic heterocycles. The molecule has 2 N–H and O–H groups in total. The Morgan fingerprint density at radius 2 is 2.12 bits per heavy atom. The third-order valence-corrected chi connectivity index (χ3v) is 4.21. The first-order valence-electron chi connectivity index (χ1n) is 5.02. The van der Waals surface area contributed by atoms with Crippen LogP contribution in [0.2, 0.25) is 0 Å². The fraction of sp³-hybridized carbons (Fsp3) is 0.273. The number of benzene rings is 1. The van der Waals surface area contributed by atoms with Crippen molar-refractivity contribution < 1.29 is 13.5 Å². The van der Waals surface area contributed by atoms with Crippen LogP contribution in [0.3, 0.4) is 0 Å². The second-order valence-electron chi connectivity index (χ2n) is 3.69. The van der Waals surface area contributed by atoms with Gasteiger partial charge in [-0.2, -0.15) is 0 Å². The highest BCUT2D eigenvalue weighted by atomic mass is 32.2. The van der Waals surface area contributed by atoms with Gasteiger partial charge in [-0.15, -0.1) is 0 Å². The van der Waals surface area contributed by atoms with Crippen LogP contribution in [0.5, 0.6) is 5.75 Å². The van der Waals surface area contributed by atoms with Crippen molar-refractivity contribution in [3.63, 3.8) is 0 Å². The van der Waals surface area contributed by atoms with E-state index in [0.717, 1.165) is 5.52 Å². The quantitative estimate of drug-likeness (QED) is 0.858. The number of hydrogen-bond donors (Lipinski definition) is 2. The van der Waals surface area contributed by atoms with E-state index in [1.54, 1.807) is 31.3 Å². The molecule has 2 aromatic rings. The Kier molecular flexibility index (Phi) is 2.63. The van der Waals surface area contributed by atoms with E-state index in [1.807, 2.05) is 0 Å². The zero-order valence-corrected chi connectivity index (χ0v) is 9.71. The third kappa shape index (κ3) is 1.90. The smallest absolute Gasteiger partial charge is 0.154 e. The van der Waals surface area contributed by atoms with Crippen molar-refractivity contribution in [1.29, 1.82) is 0 Å². The maximum absolute atomic E-state index is 11.5.